The Hall–Kier alpha value is -2.31. The standard InChI is InChI=1S/C16H12ClN3O2S/c17-11-5-4-6-12(9-11)20-14(15(16(21)22)18-19-20)10-23-13-7-2-1-3-8-13/h1-9H,10H2,(H,21,22). The van der Waals surface area contributed by atoms with Crippen molar-refractivity contribution in [1.82, 2.24) is 15.0 Å². The first-order valence-corrected chi connectivity index (χ1v) is 8.13. The van der Waals surface area contributed by atoms with Gasteiger partial charge in [0.1, 0.15) is 0 Å². The lowest BCUT2D eigenvalue weighted by atomic mass is 10.3. The van der Waals surface area contributed by atoms with E-state index in [1.165, 1.54) is 16.4 Å². The van der Waals surface area contributed by atoms with Crippen LogP contribution in [-0.2, 0) is 5.75 Å². The molecule has 0 fully saturated rings. The molecule has 0 atom stereocenters. The fraction of sp³-hybridized carbons (Fsp3) is 0.0625. The van der Waals surface area contributed by atoms with Crippen molar-refractivity contribution in [3.8, 4) is 5.69 Å². The van der Waals surface area contributed by atoms with Crippen molar-refractivity contribution in [3.05, 3.63) is 71.0 Å². The van der Waals surface area contributed by atoms with E-state index in [-0.39, 0.29) is 5.69 Å². The third kappa shape index (κ3) is 3.55. The summed E-state index contributed by atoms with van der Waals surface area (Å²) in [7, 11) is 0. The zero-order valence-electron chi connectivity index (χ0n) is 11.9. The molecule has 23 heavy (non-hydrogen) atoms. The highest BCUT2D eigenvalue weighted by atomic mass is 35.5. The lowest BCUT2D eigenvalue weighted by molar-refractivity contribution is 0.0689. The minimum absolute atomic E-state index is 0.0478. The maximum absolute atomic E-state index is 11.4. The Kier molecular flexibility index (Phi) is 4.64. The smallest absolute Gasteiger partial charge is 0.358 e. The molecule has 0 unspecified atom stereocenters. The molecule has 116 valence electrons. The molecule has 2 aromatic carbocycles. The topological polar surface area (TPSA) is 68.0 Å². The molecule has 1 N–H and O–H groups in total. The van der Waals surface area contributed by atoms with Crippen molar-refractivity contribution in [2.75, 3.05) is 0 Å². The van der Waals surface area contributed by atoms with Gasteiger partial charge in [-0.2, -0.15) is 0 Å². The van der Waals surface area contributed by atoms with Crippen LogP contribution in [0.1, 0.15) is 16.2 Å². The zero-order chi connectivity index (χ0) is 16.2. The van der Waals surface area contributed by atoms with Crippen molar-refractivity contribution in [2.24, 2.45) is 0 Å². The Morgan fingerprint density at radius 3 is 2.65 bits per heavy atom. The van der Waals surface area contributed by atoms with Gasteiger partial charge in [0.15, 0.2) is 5.69 Å². The van der Waals surface area contributed by atoms with E-state index in [0.717, 1.165) is 4.90 Å². The molecule has 7 heteroatoms. The molecule has 0 saturated heterocycles. The van der Waals surface area contributed by atoms with Gasteiger partial charge >= 0.3 is 5.97 Å². The quantitative estimate of drug-likeness (QED) is 0.710. The second-order valence-electron chi connectivity index (χ2n) is 4.68. The summed E-state index contributed by atoms with van der Waals surface area (Å²) in [6, 6.07) is 16.8. The molecule has 0 radical (unpaired) electrons. The number of aromatic carboxylic acids is 1. The highest BCUT2D eigenvalue weighted by molar-refractivity contribution is 7.98. The van der Waals surface area contributed by atoms with Gasteiger partial charge in [0.05, 0.1) is 11.4 Å². The molecular formula is C16H12ClN3O2S. The molecule has 0 amide bonds. The predicted octanol–water partition coefficient (Wildman–Crippen LogP) is 3.91. The van der Waals surface area contributed by atoms with Crippen molar-refractivity contribution < 1.29 is 9.90 Å². The molecule has 3 aromatic rings. The van der Waals surface area contributed by atoms with Crippen LogP contribution >= 0.6 is 23.4 Å². The maximum Gasteiger partial charge on any atom is 0.358 e. The number of halogens is 1. The second kappa shape index (κ2) is 6.85. The van der Waals surface area contributed by atoms with Crippen LogP contribution in [0.15, 0.2) is 59.5 Å². The van der Waals surface area contributed by atoms with Gasteiger partial charge < -0.3 is 5.11 Å². The lowest BCUT2D eigenvalue weighted by Crippen LogP contribution is -2.06. The van der Waals surface area contributed by atoms with E-state index in [4.69, 9.17) is 11.6 Å². The van der Waals surface area contributed by atoms with Gasteiger partial charge in [0.2, 0.25) is 0 Å². The van der Waals surface area contributed by atoms with E-state index in [2.05, 4.69) is 10.3 Å². The summed E-state index contributed by atoms with van der Waals surface area (Å²) >= 11 is 7.53. The number of thioether (sulfide) groups is 1. The Morgan fingerprint density at radius 2 is 1.96 bits per heavy atom. The molecule has 3 rings (SSSR count). The molecule has 5 nitrogen and oxygen atoms in total. The SMILES string of the molecule is O=C(O)c1nnn(-c2cccc(Cl)c2)c1CSc1ccccc1. The second-order valence-corrected chi connectivity index (χ2v) is 6.17. The van der Waals surface area contributed by atoms with E-state index in [0.29, 0.717) is 22.2 Å². The first-order valence-electron chi connectivity index (χ1n) is 6.77. The summed E-state index contributed by atoms with van der Waals surface area (Å²) in [5, 5.41) is 17.6. The average molecular weight is 346 g/mol. The maximum atomic E-state index is 11.4. The molecule has 0 bridgehead atoms. The summed E-state index contributed by atoms with van der Waals surface area (Å²) in [6.45, 7) is 0. The Balaban J connectivity index is 1.96. The number of benzene rings is 2. The van der Waals surface area contributed by atoms with Gasteiger partial charge in [0.25, 0.3) is 0 Å². The Bertz CT molecular complexity index is 836. The largest absolute Gasteiger partial charge is 0.476 e. The number of carbonyl (C=O) groups is 1. The number of rotatable bonds is 5. The molecule has 0 aliphatic carbocycles. The van der Waals surface area contributed by atoms with Gasteiger partial charge in [-0.05, 0) is 30.3 Å². The molecule has 0 saturated carbocycles. The third-order valence-corrected chi connectivity index (χ3v) is 4.40. The highest BCUT2D eigenvalue weighted by Gasteiger charge is 2.20. The van der Waals surface area contributed by atoms with E-state index in [1.807, 2.05) is 36.4 Å². The number of nitrogens with zero attached hydrogens (tertiary/aromatic N) is 3. The predicted molar refractivity (Wildman–Crippen MR) is 89.3 cm³/mol. The Morgan fingerprint density at radius 1 is 1.17 bits per heavy atom. The minimum Gasteiger partial charge on any atom is -0.476 e. The van der Waals surface area contributed by atoms with Gasteiger partial charge in [-0.1, -0.05) is 41.1 Å². The Labute approximate surface area is 141 Å². The van der Waals surface area contributed by atoms with Crippen molar-refractivity contribution in [3.63, 3.8) is 0 Å². The van der Waals surface area contributed by atoms with Crippen LogP contribution in [-0.4, -0.2) is 26.1 Å². The fourth-order valence-electron chi connectivity index (χ4n) is 2.08. The number of carboxylic acids is 1. The van der Waals surface area contributed by atoms with Gasteiger partial charge in [-0.3, -0.25) is 0 Å². The molecule has 0 aliphatic heterocycles. The van der Waals surface area contributed by atoms with Crippen LogP contribution in [0.3, 0.4) is 0 Å². The number of hydrogen-bond acceptors (Lipinski definition) is 4. The summed E-state index contributed by atoms with van der Waals surface area (Å²) < 4.78 is 1.52. The van der Waals surface area contributed by atoms with E-state index >= 15 is 0 Å². The first kappa shape index (κ1) is 15.6. The summed E-state index contributed by atoms with van der Waals surface area (Å²) in [5.41, 5.74) is 1.16. The van der Waals surface area contributed by atoms with Crippen LogP contribution in [0.5, 0.6) is 0 Å². The lowest BCUT2D eigenvalue weighted by Gasteiger charge is -2.07. The van der Waals surface area contributed by atoms with Gasteiger partial charge in [-0.15, -0.1) is 16.9 Å². The van der Waals surface area contributed by atoms with Gasteiger partial charge in [-0.25, -0.2) is 9.48 Å². The third-order valence-electron chi connectivity index (χ3n) is 3.14. The van der Waals surface area contributed by atoms with Crippen molar-refractivity contribution in [2.45, 2.75) is 10.6 Å². The minimum atomic E-state index is -1.10. The summed E-state index contributed by atoms with van der Waals surface area (Å²) in [6.07, 6.45) is 0. The molecule has 1 heterocycles. The number of aromatic nitrogens is 3. The average Bonchev–Trinajstić information content (AvgIpc) is 2.98. The van der Waals surface area contributed by atoms with Crippen molar-refractivity contribution in [1.29, 1.82) is 0 Å². The monoisotopic (exact) mass is 345 g/mol. The van der Waals surface area contributed by atoms with Crippen LogP contribution in [0.25, 0.3) is 5.69 Å². The van der Waals surface area contributed by atoms with Crippen molar-refractivity contribution >= 4 is 29.3 Å². The molecule has 0 spiro atoms. The van der Waals surface area contributed by atoms with E-state index < -0.39 is 5.97 Å². The number of hydrogen-bond donors (Lipinski definition) is 1. The molecular weight excluding hydrogens is 334 g/mol. The zero-order valence-corrected chi connectivity index (χ0v) is 13.5. The van der Waals surface area contributed by atoms with Gasteiger partial charge in [0, 0.05) is 15.7 Å². The fourth-order valence-corrected chi connectivity index (χ4v) is 3.18. The molecule has 0 aliphatic rings. The summed E-state index contributed by atoms with van der Waals surface area (Å²) in [4.78, 5) is 12.4. The normalized spacial score (nSPS) is 10.7. The summed E-state index contributed by atoms with van der Waals surface area (Å²) in [5.74, 6) is -0.660. The van der Waals surface area contributed by atoms with Crippen LogP contribution in [0.4, 0.5) is 0 Å². The van der Waals surface area contributed by atoms with Crippen LogP contribution in [0, 0.1) is 0 Å². The molecule has 1 aromatic heterocycles. The van der Waals surface area contributed by atoms with Crippen LogP contribution < -0.4 is 0 Å². The first-order chi connectivity index (χ1) is 11.1. The van der Waals surface area contributed by atoms with E-state index in [9.17, 15) is 9.90 Å². The highest BCUT2D eigenvalue weighted by Crippen LogP contribution is 2.25. The number of carboxylic acid groups (broad SMARTS) is 1. The van der Waals surface area contributed by atoms with Crippen LogP contribution in [0.2, 0.25) is 5.02 Å². The van der Waals surface area contributed by atoms with E-state index in [1.54, 1.807) is 18.2 Å².